The predicted octanol–water partition coefficient (Wildman–Crippen LogP) is 4.00. The number of hydrogen-bond acceptors (Lipinski definition) is 1. The van der Waals surface area contributed by atoms with Gasteiger partial charge in [-0.3, -0.25) is 0 Å². The first-order chi connectivity index (χ1) is 8.58. The van der Waals surface area contributed by atoms with E-state index in [1.807, 2.05) is 6.07 Å². The molecule has 18 heavy (non-hydrogen) atoms. The first kappa shape index (κ1) is 13.2. The van der Waals surface area contributed by atoms with Gasteiger partial charge in [-0.1, -0.05) is 40.2 Å². The summed E-state index contributed by atoms with van der Waals surface area (Å²) >= 11 is 3.33. The summed E-state index contributed by atoms with van der Waals surface area (Å²) in [5, 5.41) is 10.1. The van der Waals surface area contributed by atoms with E-state index >= 15 is 0 Å². The number of halogens is 3. The lowest BCUT2D eigenvalue weighted by Crippen LogP contribution is -2.04. The number of hydrogen-bond donors (Lipinski definition) is 1. The van der Waals surface area contributed by atoms with Gasteiger partial charge in [-0.2, -0.15) is 0 Å². The SMILES string of the molecule is OC(Cc1ccc(F)cc1F)c1ccccc1Br. The third-order valence-corrected chi connectivity index (χ3v) is 3.41. The zero-order valence-electron chi connectivity index (χ0n) is 9.41. The Hall–Kier alpha value is -1.26. The highest BCUT2D eigenvalue weighted by Gasteiger charge is 2.14. The fourth-order valence-electron chi connectivity index (χ4n) is 1.75. The molecule has 0 bridgehead atoms. The van der Waals surface area contributed by atoms with Gasteiger partial charge in [0.05, 0.1) is 6.10 Å². The summed E-state index contributed by atoms with van der Waals surface area (Å²) in [7, 11) is 0. The molecule has 2 aromatic rings. The molecule has 4 heteroatoms. The Labute approximate surface area is 112 Å². The van der Waals surface area contributed by atoms with Gasteiger partial charge in [0, 0.05) is 17.0 Å². The molecule has 0 saturated heterocycles. The van der Waals surface area contributed by atoms with Gasteiger partial charge in [0.2, 0.25) is 0 Å². The van der Waals surface area contributed by atoms with Crippen LogP contribution in [-0.4, -0.2) is 5.11 Å². The Balaban J connectivity index is 2.21. The van der Waals surface area contributed by atoms with Crippen molar-refractivity contribution in [3.8, 4) is 0 Å². The van der Waals surface area contributed by atoms with Gasteiger partial charge in [0.15, 0.2) is 0 Å². The molecule has 0 fully saturated rings. The topological polar surface area (TPSA) is 20.2 Å². The highest BCUT2D eigenvalue weighted by Crippen LogP contribution is 2.26. The van der Waals surface area contributed by atoms with Gasteiger partial charge in [0.25, 0.3) is 0 Å². The molecule has 0 aromatic heterocycles. The van der Waals surface area contributed by atoms with E-state index in [0.717, 1.165) is 10.5 Å². The van der Waals surface area contributed by atoms with E-state index in [2.05, 4.69) is 15.9 Å². The Bertz CT molecular complexity index is 557. The van der Waals surface area contributed by atoms with Crippen LogP contribution in [0.4, 0.5) is 8.78 Å². The molecule has 1 atom stereocenters. The van der Waals surface area contributed by atoms with E-state index in [1.54, 1.807) is 18.2 Å². The first-order valence-corrected chi connectivity index (χ1v) is 6.23. The van der Waals surface area contributed by atoms with Crippen molar-refractivity contribution < 1.29 is 13.9 Å². The number of aliphatic hydroxyl groups is 1. The maximum Gasteiger partial charge on any atom is 0.129 e. The van der Waals surface area contributed by atoms with Crippen LogP contribution in [-0.2, 0) is 6.42 Å². The van der Waals surface area contributed by atoms with Crippen LogP contribution >= 0.6 is 15.9 Å². The second-order valence-corrected chi connectivity index (χ2v) is 4.83. The predicted molar refractivity (Wildman–Crippen MR) is 69.2 cm³/mol. The lowest BCUT2D eigenvalue weighted by atomic mass is 10.0. The van der Waals surface area contributed by atoms with Gasteiger partial charge in [-0.05, 0) is 23.3 Å². The fourth-order valence-corrected chi connectivity index (χ4v) is 2.30. The minimum absolute atomic E-state index is 0.106. The van der Waals surface area contributed by atoms with Crippen LogP contribution in [0.5, 0.6) is 0 Å². The van der Waals surface area contributed by atoms with E-state index in [4.69, 9.17) is 0 Å². The van der Waals surface area contributed by atoms with Crippen molar-refractivity contribution in [2.24, 2.45) is 0 Å². The Morgan fingerprint density at radius 3 is 2.50 bits per heavy atom. The molecule has 0 saturated carbocycles. The number of aliphatic hydroxyl groups excluding tert-OH is 1. The Morgan fingerprint density at radius 1 is 1.11 bits per heavy atom. The molecule has 0 radical (unpaired) electrons. The summed E-state index contributed by atoms with van der Waals surface area (Å²) in [5.74, 6) is -1.26. The highest BCUT2D eigenvalue weighted by atomic mass is 79.9. The third kappa shape index (κ3) is 2.94. The van der Waals surface area contributed by atoms with Crippen molar-refractivity contribution in [3.05, 3.63) is 69.7 Å². The smallest absolute Gasteiger partial charge is 0.129 e. The van der Waals surface area contributed by atoms with Crippen molar-refractivity contribution in [1.29, 1.82) is 0 Å². The van der Waals surface area contributed by atoms with Gasteiger partial charge in [-0.15, -0.1) is 0 Å². The second kappa shape index (κ2) is 5.59. The van der Waals surface area contributed by atoms with Crippen molar-refractivity contribution in [2.45, 2.75) is 12.5 Å². The van der Waals surface area contributed by atoms with E-state index in [-0.39, 0.29) is 6.42 Å². The van der Waals surface area contributed by atoms with E-state index in [0.29, 0.717) is 11.1 Å². The highest BCUT2D eigenvalue weighted by molar-refractivity contribution is 9.10. The number of rotatable bonds is 3. The van der Waals surface area contributed by atoms with Crippen LogP contribution < -0.4 is 0 Å². The molecule has 0 aliphatic rings. The van der Waals surface area contributed by atoms with Crippen LogP contribution in [0.25, 0.3) is 0 Å². The maximum atomic E-state index is 13.5. The molecule has 0 aliphatic carbocycles. The molecule has 2 aromatic carbocycles. The Kier molecular flexibility index (Phi) is 4.09. The second-order valence-electron chi connectivity index (χ2n) is 3.98. The van der Waals surface area contributed by atoms with Gasteiger partial charge < -0.3 is 5.11 Å². The van der Waals surface area contributed by atoms with Crippen molar-refractivity contribution in [3.63, 3.8) is 0 Å². The van der Waals surface area contributed by atoms with Crippen molar-refractivity contribution in [2.75, 3.05) is 0 Å². The average molecular weight is 313 g/mol. The van der Waals surface area contributed by atoms with Crippen LogP contribution in [0.1, 0.15) is 17.2 Å². The molecule has 0 spiro atoms. The van der Waals surface area contributed by atoms with Crippen LogP contribution in [0.2, 0.25) is 0 Å². The minimum atomic E-state index is -0.833. The molecule has 0 heterocycles. The van der Waals surface area contributed by atoms with Crippen molar-refractivity contribution >= 4 is 15.9 Å². The lowest BCUT2D eigenvalue weighted by molar-refractivity contribution is 0.176. The zero-order valence-corrected chi connectivity index (χ0v) is 11.0. The van der Waals surface area contributed by atoms with E-state index in [9.17, 15) is 13.9 Å². The number of benzene rings is 2. The van der Waals surface area contributed by atoms with Crippen LogP contribution in [0, 0.1) is 11.6 Å². The summed E-state index contributed by atoms with van der Waals surface area (Å²) in [6.45, 7) is 0. The molecule has 1 N–H and O–H groups in total. The molecule has 2 rings (SSSR count). The monoisotopic (exact) mass is 312 g/mol. The molecule has 0 aliphatic heterocycles. The quantitative estimate of drug-likeness (QED) is 0.908. The zero-order chi connectivity index (χ0) is 13.1. The molecule has 94 valence electrons. The maximum absolute atomic E-state index is 13.5. The van der Waals surface area contributed by atoms with Gasteiger partial charge in [-0.25, -0.2) is 8.78 Å². The average Bonchev–Trinajstić information content (AvgIpc) is 2.33. The largest absolute Gasteiger partial charge is 0.388 e. The molecule has 1 nitrogen and oxygen atoms in total. The first-order valence-electron chi connectivity index (χ1n) is 5.44. The standard InChI is InChI=1S/C14H11BrF2O/c15-12-4-2-1-3-11(12)14(18)7-9-5-6-10(16)8-13(9)17/h1-6,8,14,18H,7H2. The van der Waals surface area contributed by atoms with E-state index in [1.165, 1.54) is 12.1 Å². The fraction of sp³-hybridized carbons (Fsp3) is 0.143. The third-order valence-electron chi connectivity index (χ3n) is 2.69. The van der Waals surface area contributed by atoms with Crippen LogP contribution in [0.3, 0.4) is 0 Å². The molecular weight excluding hydrogens is 302 g/mol. The molecule has 0 amide bonds. The summed E-state index contributed by atoms with van der Waals surface area (Å²) in [6.07, 6.45) is -0.727. The van der Waals surface area contributed by atoms with Gasteiger partial charge >= 0.3 is 0 Å². The minimum Gasteiger partial charge on any atom is -0.388 e. The molecular formula is C14H11BrF2O. The Morgan fingerprint density at radius 2 is 1.83 bits per heavy atom. The normalized spacial score (nSPS) is 12.4. The van der Waals surface area contributed by atoms with Crippen LogP contribution in [0.15, 0.2) is 46.9 Å². The summed E-state index contributed by atoms with van der Waals surface area (Å²) in [6, 6.07) is 10.6. The summed E-state index contributed by atoms with van der Waals surface area (Å²) < 4.78 is 27.0. The summed E-state index contributed by atoms with van der Waals surface area (Å²) in [4.78, 5) is 0. The summed E-state index contributed by atoms with van der Waals surface area (Å²) in [5.41, 5.74) is 0.973. The van der Waals surface area contributed by atoms with E-state index < -0.39 is 17.7 Å². The van der Waals surface area contributed by atoms with Crippen molar-refractivity contribution in [1.82, 2.24) is 0 Å². The van der Waals surface area contributed by atoms with Gasteiger partial charge in [0.1, 0.15) is 11.6 Å². The lowest BCUT2D eigenvalue weighted by Gasteiger charge is -2.13. The molecule has 1 unspecified atom stereocenters.